The van der Waals surface area contributed by atoms with E-state index in [2.05, 4.69) is 20.9 Å². The average Bonchev–Trinajstić information content (AvgIpc) is 2.41. The van der Waals surface area contributed by atoms with Crippen LogP contribution in [0.4, 0.5) is 5.69 Å². The summed E-state index contributed by atoms with van der Waals surface area (Å²) in [5, 5.41) is 10.9. The fourth-order valence-electron chi connectivity index (χ4n) is 1.56. The Bertz CT molecular complexity index is 674. The predicted octanol–water partition coefficient (Wildman–Crippen LogP) is 5.22. The molecule has 6 heteroatoms. The molecule has 0 atom stereocenters. The minimum atomic E-state index is 0.0813. The summed E-state index contributed by atoms with van der Waals surface area (Å²) in [7, 11) is 1.55. The van der Waals surface area contributed by atoms with Crippen molar-refractivity contribution in [3.05, 3.63) is 50.4 Å². The Labute approximate surface area is 134 Å². The lowest BCUT2D eigenvalue weighted by atomic mass is 10.2. The Balaban J connectivity index is 2.32. The first-order valence-electron chi connectivity index (χ1n) is 5.57. The molecule has 2 aromatic carbocycles. The number of nitrogens with zero attached hydrogens (tertiary/aromatic N) is 1. The molecular weight excluding hydrogens is 365 g/mol. The first-order chi connectivity index (χ1) is 9.51. The third kappa shape index (κ3) is 3.45. The number of methoxy groups -OCH3 is 1. The quantitative estimate of drug-likeness (QED) is 0.748. The number of rotatable bonds is 3. The zero-order chi connectivity index (χ0) is 14.7. The number of aliphatic imine (C=N–C) groups is 1. The van der Waals surface area contributed by atoms with Gasteiger partial charge in [0.05, 0.1) is 22.3 Å². The minimum Gasteiger partial charge on any atom is -0.506 e. The van der Waals surface area contributed by atoms with Crippen molar-refractivity contribution in [1.82, 2.24) is 0 Å². The van der Waals surface area contributed by atoms with E-state index in [0.29, 0.717) is 31.5 Å². The molecule has 2 rings (SSSR count). The van der Waals surface area contributed by atoms with E-state index in [1.165, 1.54) is 6.21 Å². The van der Waals surface area contributed by atoms with Crippen molar-refractivity contribution in [3.63, 3.8) is 0 Å². The van der Waals surface area contributed by atoms with E-state index in [-0.39, 0.29) is 5.75 Å². The van der Waals surface area contributed by atoms with E-state index >= 15 is 0 Å². The van der Waals surface area contributed by atoms with Crippen LogP contribution in [0.15, 0.2) is 39.8 Å². The molecule has 0 aliphatic rings. The summed E-state index contributed by atoms with van der Waals surface area (Å²) < 4.78 is 5.58. The van der Waals surface area contributed by atoms with Crippen LogP contribution in [0, 0.1) is 0 Å². The highest BCUT2D eigenvalue weighted by Crippen LogP contribution is 2.32. The molecule has 1 N–H and O–H groups in total. The Morgan fingerprint density at radius 3 is 2.65 bits per heavy atom. The second-order valence-electron chi connectivity index (χ2n) is 3.90. The van der Waals surface area contributed by atoms with Crippen molar-refractivity contribution in [2.75, 3.05) is 7.11 Å². The van der Waals surface area contributed by atoms with Crippen LogP contribution in [0.1, 0.15) is 5.56 Å². The van der Waals surface area contributed by atoms with Gasteiger partial charge in [-0.2, -0.15) is 0 Å². The van der Waals surface area contributed by atoms with Crippen LogP contribution in [-0.2, 0) is 0 Å². The van der Waals surface area contributed by atoms with Crippen LogP contribution in [0.3, 0.4) is 0 Å². The van der Waals surface area contributed by atoms with Gasteiger partial charge in [-0.05, 0) is 46.3 Å². The van der Waals surface area contributed by atoms with Gasteiger partial charge >= 0.3 is 0 Å². The first kappa shape index (κ1) is 15.2. The van der Waals surface area contributed by atoms with Crippen LogP contribution >= 0.6 is 39.1 Å². The molecule has 0 heterocycles. The van der Waals surface area contributed by atoms with E-state index in [4.69, 9.17) is 27.9 Å². The molecule has 0 saturated heterocycles. The minimum absolute atomic E-state index is 0.0813. The summed E-state index contributed by atoms with van der Waals surface area (Å²) in [6.45, 7) is 0. The molecule has 3 nitrogen and oxygen atoms in total. The van der Waals surface area contributed by atoms with E-state index in [1.807, 2.05) is 0 Å². The number of halogens is 3. The SMILES string of the molecule is COc1ccc(N=Cc2cc(Cl)cc(Br)c2O)cc1Cl. The molecule has 0 saturated carbocycles. The van der Waals surface area contributed by atoms with Crippen molar-refractivity contribution in [3.8, 4) is 11.5 Å². The van der Waals surface area contributed by atoms with Gasteiger partial charge in [0.25, 0.3) is 0 Å². The summed E-state index contributed by atoms with van der Waals surface area (Å²) in [4.78, 5) is 4.25. The van der Waals surface area contributed by atoms with Crippen LogP contribution in [0.5, 0.6) is 11.5 Å². The number of ether oxygens (including phenoxy) is 1. The molecule has 0 fully saturated rings. The summed E-state index contributed by atoms with van der Waals surface area (Å²) in [6.07, 6.45) is 1.52. The average molecular weight is 375 g/mol. The lowest BCUT2D eigenvalue weighted by Gasteiger charge is -2.04. The predicted molar refractivity (Wildman–Crippen MR) is 86.1 cm³/mol. The summed E-state index contributed by atoms with van der Waals surface area (Å²) in [5.41, 5.74) is 1.16. The summed E-state index contributed by atoms with van der Waals surface area (Å²) in [6, 6.07) is 8.39. The monoisotopic (exact) mass is 373 g/mol. The maximum atomic E-state index is 9.89. The lowest BCUT2D eigenvalue weighted by molar-refractivity contribution is 0.415. The third-order valence-corrected chi connectivity index (χ3v) is 3.66. The van der Waals surface area contributed by atoms with Crippen molar-refractivity contribution in [2.45, 2.75) is 0 Å². The fraction of sp³-hybridized carbons (Fsp3) is 0.0714. The molecular formula is C14H10BrCl2NO2. The first-order valence-corrected chi connectivity index (χ1v) is 7.12. The Kier molecular flexibility index (Phi) is 4.91. The van der Waals surface area contributed by atoms with Crippen LogP contribution in [-0.4, -0.2) is 18.4 Å². The lowest BCUT2D eigenvalue weighted by Crippen LogP contribution is -1.85. The van der Waals surface area contributed by atoms with Gasteiger partial charge in [0.1, 0.15) is 11.5 Å². The molecule has 0 aliphatic carbocycles. The van der Waals surface area contributed by atoms with Gasteiger partial charge in [0.15, 0.2) is 0 Å². The number of hydrogen-bond donors (Lipinski definition) is 1. The zero-order valence-corrected chi connectivity index (χ0v) is 13.5. The standard InChI is InChI=1S/C14H10BrCl2NO2/c1-20-13-3-2-10(6-12(13)17)18-7-8-4-9(16)5-11(15)14(8)19/h2-7,19H,1H3. The van der Waals surface area contributed by atoms with Crippen molar-refractivity contribution in [2.24, 2.45) is 4.99 Å². The molecule has 2 aromatic rings. The van der Waals surface area contributed by atoms with Gasteiger partial charge in [-0.1, -0.05) is 23.2 Å². The Hall–Kier alpha value is -1.23. The van der Waals surface area contributed by atoms with Crippen molar-refractivity contribution < 1.29 is 9.84 Å². The molecule has 0 unspecified atom stereocenters. The van der Waals surface area contributed by atoms with E-state index in [9.17, 15) is 5.11 Å². The number of aromatic hydroxyl groups is 1. The van der Waals surface area contributed by atoms with Crippen LogP contribution in [0.25, 0.3) is 0 Å². The van der Waals surface area contributed by atoms with Crippen LogP contribution in [0.2, 0.25) is 10.0 Å². The zero-order valence-electron chi connectivity index (χ0n) is 10.4. The molecule has 0 aliphatic heterocycles. The van der Waals surface area contributed by atoms with Crippen molar-refractivity contribution in [1.29, 1.82) is 0 Å². The highest BCUT2D eigenvalue weighted by molar-refractivity contribution is 9.10. The van der Waals surface area contributed by atoms with Gasteiger partial charge in [0.2, 0.25) is 0 Å². The molecule has 0 spiro atoms. The maximum Gasteiger partial charge on any atom is 0.138 e. The molecule has 0 amide bonds. The summed E-state index contributed by atoms with van der Waals surface area (Å²) >= 11 is 15.2. The van der Waals surface area contributed by atoms with Crippen LogP contribution < -0.4 is 4.74 Å². The second-order valence-corrected chi connectivity index (χ2v) is 5.60. The van der Waals surface area contributed by atoms with E-state index < -0.39 is 0 Å². The molecule has 0 bridgehead atoms. The normalized spacial score (nSPS) is 11.0. The smallest absolute Gasteiger partial charge is 0.138 e. The van der Waals surface area contributed by atoms with Gasteiger partial charge in [-0.25, -0.2) is 0 Å². The largest absolute Gasteiger partial charge is 0.506 e. The number of phenolic OH excluding ortho intramolecular Hbond substituents is 1. The van der Waals surface area contributed by atoms with Crippen molar-refractivity contribution >= 4 is 51.0 Å². The number of benzene rings is 2. The van der Waals surface area contributed by atoms with Gasteiger partial charge < -0.3 is 9.84 Å². The third-order valence-electron chi connectivity index (χ3n) is 2.55. The fourth-order valence-corrected chi connectivity index (χ4v) is 2.65. The Morgan fingerprint density at radius 2 is 2.00 bits per heavy atom. The highest BCUT2D eigenvalue weighted by atomic mass is 79.9. The van der Waals surface area contributed by atoms with E-state index in [0.717, 1.165) is 0 Å². The molecule has 20 heavy (non-hydrogen) atoms. The number of phenols is 1. The second kappa shape index (κ2) is 6.48. The summed E-state index contributed by atoms with van der Waals surface area (Å²) in [5.74, 6) is 0.664. The maximum absolute atomic E-state index is 9.89. The number of hydrogen-bond acceptors (Lipinski definition) is 3. The van der Waals surface area contributed by atoms with Gasteiger partial charge in [0, 0.05) is 16.8 Å². The highest BCUT2D eigenvalue weighted by Gasteiger charge is 2.06. The Morgan fingerprint density at radius 1 is 1.25 bits per heavy atom. The van der Waals surface area contributed by atoms with Gasteiger partial charge in [-0.3, -0.25) is 4.99 Å². The molecule has 0 aromatic heterocycles. The van der Waals surface area contributed by atoms with Gasteiger partial charge in [-0.15, -0.1) is 0 Å². The molecule has 0 radical (unpaired) electrons. The molecule has 104 valence electrons. The topological polar surface area (TPSA) is 41.8 Å². The van der Waals surface area contributed by atoms with E-state index in [1.54, 1.807) is 37.4 Å².